The number of nitrogens with zero attached hydrogens (tertiary/aromatic N) is 2. The quantitative estimate of drug-likeness (QED) is 0.129. The summed E-state index contributed by atoms with van der Waals surface area (Å²) in [5.74, 6) is 0.836. The van der Waals surface area contributed by atoms with Crippen LogP contribution >= 0.6 is 34.4 Å². The van der Waals surface area contributed by atoms with Crippen LogP contribution < -0.4 is 9.47 Å². The van der Waals surface area contributed by atoms with Gasteiger partial charge < -0.3 is 9.47 Å². The molecule has 5 nitrogen and oxygen atoms in total. The van der Waals surface area contributed by atoms with E-state index in [9.17, 15) is 9.18 Å². The SMILES string of the molecule is C=CCc1cc(/C=C2/SC(=Nc3ccc(F)cc3)N(CC)C2=O)cc(OCC)c1OCc1ccc(I)cc1. The molecule has 3 aromatic carbocycles. The van der Waals surface area contributed by atoms with E-state index in [1.807, 2.05) is 62.4 Å². The monoisotopic (exact) mass is 642 g/mol. The maximum absolute atomic E-state index is 13.3. The van der Waals surface area contributed by atoms with Crippen LogP contribution in [0.3, 0.4) is 0 Å². The number of hydrogen-bond acceptors (Lipinski definition) is 5. The van der Waals surface area contributed by atoms with Crippen LogP contribution in [0.15, 0.2) is 83.2 Å². The van der Waals surface area contributed by atoms with Crippen molar-refractivity contribution >= 4 is 57.2 Å². The molecule has 4 rings (SSSR count). The molecular weight excluding hydrogens is 614 g/mol. The number of amides is 1. The van der Waals surface area contributed by atoms with Gasteiger partial charge in [0.05, 0.1) is 17.2 Å². The second-order valence-electron chi connectivity index (χ2n) is 8.38. The number of aliphatic imine (C=N–C) groups is 1. The van der Waals surface area contributed by atoms with Gasteiger partial charge in [-0.25, -0.2) is 9.38 Å². The Kier molecular flexibility index (Phi) is 9.63. The van der Waals surface area contributed by atoms with Crippen LogP contribution in [0.4, 0.5) is 10.1 Å². The first-order valence-corrected chi connectivity index (χ1v) is 14.1. The standard InChI is InChI=1S/C30H28FIN2O3S/c1-4-7-22-16-21(17-26(36-6-3)28(22)37-19-20-8-12-24(32)13-9-20)18-27-29(35)34(5-2)30(38-27)33-25-14-10-23(31)11-15-25/h4,8-18H,1,5-7,19H2,2-3H3/b27-18+,33-30?. The molecule has 1 aliphatic rings. The van der Waals surface area contributed by atoms with E-state index in [4.69, 9.17) is 9.47 Å². The zero-order valence-electron chi connectivity index (χ0n) is 21.2. The van der Waals surface area contributed by atoms with E-state index in [0.29, 0.717) is 53.4 Å². The lowest BCUT2D eigenvalue weighted by molar-refractivity contribution is -0.122. The second-order valence-corrected chi connectivity index (χ2v) is 10.6. The molecule has 0 aliphatic carbocycles. The topological polar surface area (TPSA) is 51.1 Å². The number of allylic oxidation sites excluding steroid dienone is 1. The molecule has 196 valence electrons. The predicted molar refractivity (Wildman–Crippen MR) is 161 cm³/mol. The molecule has 3 aromatic rings. The number of thioether (sulfide) groups is 1. The number of carbonyl (C=O) groups excluding carboxylic acids is 1. The lowest BCUT2D eigenvalue weighted by atomic mass is 10.0. The van der Waals surface area contributed by atoms with E-state index < -0.39 is 0 Å². The first kappa shape index (κ1) is 27.9. The van der Waals surface area contributed by atoms with Gasteiger partial charge >= 0.3 is 0 Å². The molecule has 1 amide bonds. The van der Waals surface area contributed by atoms with Crippen molar-refractivity contribution in [1.29, 1.82) is 0 Å². The highest BCUT2D eigenvalue weighted by molar-refractivity contribution is 14.1. The summed E-state index contributed by atoms with van der Waals surface area (Å²) in [5, 5.41) is 0.559. The van der Waals surface area contributed by atoms with Gasteiger partial charge in [0, 0.05) is 15.7 Å². The fourth-order valence-corrected chi connectivity index (χ4v) is 5.31. The lowest BCUT2D eigenvalue weighted by Gasteiger charge is -2.17. The third kappa shape index (κ3) is 6.85. The minimum Gasteiger partial charge on any atom is -0.490 e. The molecule has 38 heavy (non-hydrogen) atoms. The van der Waals surface area contributed by atoms with Crippen LogP contribution in [-0.2, 0) is 17.8 Å². The third-order valence-corrected chi connectivity index (χ3v) is 7.39. The molecule has 8 heteroatoms. The summed E-state index contributed by atoms with van der Waals surface area (Å²) in [5.41, 5.74) is 3.39. The second kappa shape index (κ2) is 13.1. The summed E-state index contributed by atoms with van der Waals surface area (Å²) in [4.78, 5) is 19.9. The molecule has 0 aromatic heterocycles. The van der Waals surface area contributed by atoms with Crippen molar-refractivity contribution < 1.29 is 18.7 Å². The molecule has 0 radical (unpaired) electrons. The molecule has 0 bridgehead atoms. The van der Waals surface area contributed by atoms with Gasteiger partial charge in [0.15, 0.2) is 16.7 Å². The number of amidine groups is 1. The van der Waals surface area contributed by atoms with Crippen LogP contribution in [0.2, 0.25) is 0 Å². The van der Waals surface area contributed by atoms with Gasteiger partial charge in [0.2, 0.25) is 0 Å². The van der Waals surface area contributed by atoms with Crippen molar-refractivity contribution in [3.63, 3.8) is 0 Å². The highest BCUT2D eigenvalue weighted by Gasteiger charge is 2.32. The van der Waals surface area contributed by atoms with Crippen molar-refractivity contribution in [2.24, 2.45) is 4.99 Å². The number of likely N-dealkylation sites (N-methyl/N-ethyl adjacent to an activating group) is 1. The average Bonchev–Trinajstić information content (AvgIpc) is 3.19. The molecule has 1 saturated heterocycles. The van der Waals surface area contributed by atoms with E-state index >= 15 is 0 Å². The molecule has 1 aliphatic heterocycles. The number of halogens is 2. The van der Waals surface area contributed by atoms with E-state index in [0.717, 1.165) is 20.3 Å². The number of hydrogen-bond donors (Lipinski definition) is 0. The van der Waals surface area contributed by atoms with Crippen molar-refractivity contribution in [3.8, 4) is 11.5 Å². The van der Waals surface area contributed by atoms with Gasteiger partial charge in [0.25, 0.3) is 5.91 Å². The molecule has 0 unspecified atom stereocenters. The molecule has 0 atom stereocenters. The number of ether oxygens (including phenoxy) is 2. The maximum Gasteiger partial charge on any atom is 0.266 e. The summed E-state index contributed by atoms with van der Waals surface area (Å²) in [6, 6.07) is 18.0. The summed E-state index contributed by atoms with van der Waals surface area (Å²) >= 11 is 3.58. The Morgan fingerprint density at radius 1 is 1.08 bits per heavy atom. The lowest BCUT2D eigenvalue weighted by Crippen LogP contribution is -2.28. The van der Waals surface area contributed by atoms with Crippen LogP contribution in [0.1, 0.15) is 30.5 Å². The van der Waals surface area contributed by atoms with Crippen LogP contribution in [0.5, 0.6) is 11.5 Å². The average molecular weight is 643 g/mol. The fourth-order valence-electron chi connectivity index (χ4n) is 3.88. The number of carbonyl (C=O) groups is 1. The van der Waals surface area contributed by atoms with Gasteiger partial charge in [-0.3, -0.25) is 9.69 Å². The minimum absolute atomic E-state index is 0.124. The molecule has 0 saturated carbocycles. The zero-order chi connectivity index (χ0) is 27.1. The summed E-state index contributed by atoms with van der Waals surface area (Å²) in [7, 11) is 0. The number of rotatable bonds is 10. The largest absolute Gasteiger partial charge is 0.490 e. The minimum atomic E-state index is -0.330. The highest BCUT2D eigenvalue weighted by Crippen LogP contribution is 2.38. The molecule has 1 fully saturated rings. The van der Waals surface area contributed by atoms with Crippen molar-refractivity contribution in [3.05, 3.63) is 104 Å². The summed E-state index contributed by atoms with van der Waals surface area (Å²) in [6.45, 7) is 9.08. The predicted octanol–water partition coefficient (Wildman–Crippen LogP) is 7.76. The first-order valence-electron chi connectivity index (χ1n) is 12.2. The van der Waals surface area contributed by atoms with Gasteiger partial charge in [-0.15, -0.1) is 6.58 Å². The zero-order valence-corrected chi connectivity index (χ0v) is 24.2. The van der Waals surface area contributed by atoms with Gasteiger partial charge in [-0.2, -0.15) is 0 Å². The summed E-state index contributed by atoms with van der Waals surface area (Å²) < 4.78 is 26.7. The molecule has 1 heterocycles. The van der Waals surface area contributed by atoms with E-state index in [2.05, 4.69) is 34.2 Å². The van der Waals surface area contributed by atoms with Crippen LogP contribution in [0, 0.1) is 9.39 Å². The Labute approximate surface area is 240 Å². The van der Waals surface area contributed by atoms with E-state index in [1.54, 1.807) is 17.0 Å². The van der Waals surface area contributed by atoms with Gasteiger partial charge in [0.1, 0.15) is 12.4 Å². The number of benzene rings is 3. The van der Waals surface area contributed by atoms with Gasteiger partial charge in [-0.1, -0.05) is 18.2 Å². The summed E-state index contributed by atoms with van der Waals surface area (Å²) in [6.07, 6.45) is 4.25. The Balaban J connectivity index is 1.66. The molecule has 0 N–H and O–H groups in total. The van der Waals surface area contributed by atoms with Crippen LogP contribution in [0.25, 0.3) is 6.08 Å². The van der Waals surface area contributed by atoms with E-state index in [1.165, 1.54) is 23.9 Å². The Morgan fingerprint density at radius 2 is 1.82 bits per heavy atom. The van der Waals surface area contributed by atoms with E-state index in [-0.39, 0.29) is 11.7 Å². The Morgan fingerprint density at radius 3 is 2.47 bits per heavy atom. The third-order valence-electron chi connectivity index (χ3n) is 5.67. The highest BCUT2D eigenvalue weighted by atomic mass is 127. The van der Waals surface area contributed by atoms with Crippen molar-refractivity contribution in [2.75, 3.05) is 13.2 Å². The Hall–Kier alpha value is -3.11. The molecular formula is C30H28FIN2O3S. The Bertz CT molecular complexity index is 1370. The fraction of sp³-hybridized carbons (Fsp3) is 0.200. The van der Waals surface area contributed by atoms with Crippen molar-refractivity contribution in [1.82, 2.24) is 4.90 Å². The first-order chi connectivity index (χ1) is 18.4. The smallest absolute Gasteiger partial charge is 0.266 e. The molecule has 0 spiro atoms. The maximum atomic E-state index is 13.3. The van der Waals surface area contributed by atoms with Gasteiger partial charge in [-0.05, 0) is 120 Å². The van der Waals surface area contributed by atoms with Crippen molar-refractivity contribution in [2.45, 2.75) is 26.9 Å². The normalized spacial score (nSPS) is 15.4. The van der Waals surface area contributed by atoms with Crippen LogP contribution in [-0.4, -0.2) is 29.1 Å².